The summed E-state index contributed by atoms with van der Waals surface area (Å²) in [5.74, 6) is 1.38. The van der Waals surface area contributed by atoms with Crippen LogP contribution >= 0.6 is 11.6 Å². The fourth-order valence-electron chi connectivity index (χ4n) is 1.43. The summed E-state index contributed by atoms with van der Waals surface area (Å²) in [5, 5.41) is 3.40. The molecule has 0 bridgehead atoms. The van der Waals surface area contributed by atoms with Gasteiger partial charge in [0.1, 0.15) is 0 Å². The van der Waals surface area contributed by atoms with Crippen molar-refractivity contribution in [3.05, 3.63) is 17.5 Å². The first-order valence-corrected chi connectivity index (χ1v) is 5.78. The molecule has 3 nitrogen and oxygen atoms in total. The second-order valence-electron chi connectivity index (χ2n) is 4.20. The fourth-order valence-corrected chi connectivity index (χ4v) is 1.75. The van der Waals surface area contributed by atoms with Crippen molar-refractivity contribution in [2.75, 3.05) is 11.9 Å². The van der Waals surface area contributed by atoms with Crippen LogP contribution in [0.2, 0.25) is 0 Å². The van der Waals surface area contributed by atoms with Crippen molar-refractivity contribution >= 4 is 17.5 Å². The van der Waals surface area contributed by atoms with E-state index in [0.717, 1.165) is 17.8 Å². The predicted molar refractivity (Wildman–Crippen MR) is 62.4 cm³/mol. The minimum Gasteiger partial charge on any atom is -0.353 e. The van der Waals surface area contributed by atoms with Gasteiger partial charge in [-0.2, -0.15) is 0 Å². The van der Waals surface area contributed by atoms with Crippen molar-refractivity contribution in [3.8, 4) is 0 Å². The number of aromatic nitrogens is 2. The number of hydrogen-bond acceptors (Lipinski definition) is 3. The first kappa shape index (κ1) is 10.7. The van der Waals surface area contributed by atoms with Crippen LogP contribution in [0.4, 0.5) is 5.95 Å². The SMILES string of the molecule is Cc1cnc(NCC(Cl)C2CC2)nc1C. The summed E-state index contributed by atoms with van der Waals surface area (Å²) in [4.78, 5) is 8.55. The van der Waals surface area contributed by atoms with Crippen LogP contribution in [0.25, 0.3) is 0 Å². The number of alkyl halides is 1. The van der Waals surface area contributed by atoms with Gasteiger partial charge in [0, 0.05) is 18.4 Å². The summed E-state index contributed by atoms with van der Waals surface area (Å²) >= 11 is 6.18. The van der Waals surface area contributed by atoms with Gasteiger partial charge in [0.2, 0.25) is 5.95 Å². The monoisotopic (exact) mass is 225 g/mol. The van der Waals surface area contributed by atoms with E-state index in [0.29, 0.717) is 11.9 Å². The molecule has 1 aliphatic rings. The third kappa shape index (κ3) is 2.81. The molecule has 0 spiro atoms. The van der Waals surface area contributed by atoms with Crippen molar-refractivity contribution < 1.29 is 0 Å². The maximum absolute atomic E-state index is 6.18. The summed E-state index contributed by atoms with van der Waals surface area (Å²) in [6.07, 6.45) is 4.37. The molecule has 1 aromatic rings. The van der Waals surface area contributed by atoms with E-state index in [4.69, 9.17) is 11.6 Å². The van der Waals surface area contributed by atoms with Crippen LogP contribution in [0.3, 0.4) is 0 Å². The third-order valence-electron chi connectivity index (χ3n) is 2.81. The summed E-state index contributed by atoms with van der Waals surface area (Å²) < 4.78 is 0. The first-order valence-electron chi connectivity index (χ1n) is 5.35. The molecule has 1 N–H and O–H groups in total. The molecule has 1 heterocycles. The molecule has 4 heteroatoms. The molecule has 1 aliphatic carbocycles. The zero-order valence-electron chi connectivity index (χ0n) is 9.13. The summed E-state index contributed by atoms with van der Waals surface area (Å²) in [6.45, 7) is 4.75. The second-order valence-corrected chi connectivity index (χ2v) is 4.76. The van der Waals surface area contributed by atoms with Crippen LogP contribution in [0.1, 0.15) is 24.1 Å². The van der Waals surface area contributed by atoms with Gasteiger partial charge in [-0.05, 0) is 38.2 Å². The van der Waals surface area contributed by atoms with E-state index in [1.807, 2.05) is 20.0 Å². The molecule has 1 unspecified atom stereocenters. The quantitative estimate of drug-likeness (QED) is 0.801. The van der Waals surface area contributed by atoms with Crippen LogP contribution in [-0.2, 0) is 0 Å². The van der Waals surface area contributed by atoms with E-state index in [2.05, 4.69) is 15.3 Å². The largest absolute Gasteiger partial charge is 0.353 e. The minimum atomic E-state index is 0.218. The number of aryl methyl sites for hydroxylation is 2. The van der Waals surface area contributed by atoms with Gasteiger partial charge < -0.3 is 5.32 Å². The average Bonchev–Trinajstić information content (AvgIpc) is 3.03. The van der Waals surface area contributed by atoms with Crippen molar-refractivity contribution in [1.29, 1.82) is 0 Å². The van der Waals surface area contributed by atoms with Crippen LogP contribution in [0.5, 0.6) is 0 Å². The number of rotatable bonds is 4. The third-order valence-corrected chi connectivity index (χ3v) is 3.32. The van der Waals surface area contributed by atoms with Gasteiger partial charge in [-0.15, -0.1) is 11.6 Å². The lowest BCUT2D eigenvalue weighted by atomic mass is 10.3. The molecule has 0 radical (unpaired) electrons. The summed E-state index contributed by atoms with van der Waals surface area (Å²) in [5.41, 5.74) is 2.13. The lowest BCUT2D eigenvalue weighted by molar-refractivity contribution is 0.765. The summed E-state index contributed by atoms with van der Waals surface area (Å²) in [6, 6.07) is 0. The van der Waals surface area contributed by atoms with Gasteiger partial charge in [0.15, 0.2) is 0 Å². The van der Waals surface area contributed by atoms with Crippen molar-refractivity contribution in [2.45, 2.75) is 32.1 Å². The van der Waals surface area contributed by atoms with Crippen molar-refractivity contribution in [3.63, 3.8) is 0 Å². The number of nitrogens with one attached hydrogen (secondary N) is 1. The highest BCUT2D eigenvalue weighted by molar-refractivity contribution is 6.21. The van der Waals surface area contributed by atoms with Gasteiger partial charge in [-0.25, -0.2) is 9.97 Å². The average molecular weight is 226 g/mol. The molecule has 82 valence electrons. The minimum absolute atomic E-state index is 0.218. The van der Waals surface area contributed by atoms with E-state index >= 15 is 0 Å². The van der Waals surface area contributed by atoms with E-state index in [-0.39, 0.29) is 5.38 Å². The topological polar surface area (TPSA) is 37.8 Å². The number of halogens is 1. The van der Waals surface area contributed by atoms with Gasteiger partial charge in [0.05, 0.1) is 5.38 Å². The van der Waals surface area contributed by atoms with Crippen molar-refractivity contribution in [1.82, 2.24) is 9.97 Å². The number of hydrogen-bond donors (Lipinski definition) is 1. The molecule has 2 rings (SSSR count). The van der Waals surface area contributed by atoms with Gasteiger partial charge in [0.25, 0.3) is 0 Å². The van der Waals surface area contributed by atoms with E-state index in [9.17, 15) is 0 Å². The highest BCUT2D eigenvalue weighted by atomic mass is 35.5. The van der Waals surface area contributed by atoms with E-state index in [1.54, 1.807) is 0 Å². The molecule has 1 atom stereocenters. The molecule has 0 aromatic carbocycles. The highest BCUT2D eigenvalue weighted by Gasteiger charge is 2.29. The second kappa shape index (κ2) is 4.35. The van der Waals surface area contributed by atoms with Gasteiger partial charge in [-0.1, -0.05) is 0 Å². The Kier molecular flexibility index (Phi) is 3.10. The van der Waals surface area contributed by atoms with Crippen LogP contribution in [-0.4, -0.2) is 21.9 Å². The van der Waals surface area contributed by atoms with Gasteiger partial charge in [-0.3, -0.25) is 0 Å². The molecular weight excluding hydrogens is 210 g/mol. The fraction of sp³-hybridized carbons (Fsp3) is 0.636. The maximum Gasteiger partial charge on any atom is 0.222 e. The maximum atomic E-state index is 6.18. The molecular formula is C11H16ClN3. The summed E-state index contributed by atoms with van der Waals surface area (Å²) in [7, 11) is 0. The molecule has 15 heavy (non-hydrogen) atoms. The Labute approximate surface area is 95.3 Å². The van der Waals surface area contributed by atoms with Crippen molar-refractivity contribution in [2.24, 2.45) is 5.92 Å². The standard InChI is InChI=1S/C11H16ClN3/c1-7-5-13-11(15-8(7)2)14-6-10(12)9-3-4-9/h5,9-10H,3-4,6H2,1-2H3,(H,13,14,15). The zero-order chi connectivity index (χ0) is 10.8. The molecule has 0 amide bonds. The Morgan fingerprint density at radius 3 is 2.87 bits per heavy atom. The van der Waals surface area contributed by atoms with Crippen LogP contribution in [0.15, 0.2) is 6.20 Å². The van der Waals surface area contributed by atoms with E-state index in [1.165, 1.54) is 12.8 Å². The van der Waals surface area contributed by atoms with Crippen LogP contribution in [0, 0.1) is 19.8 Å². The number of nitrogens with zero attached hydrogens (tertiary/aromatic N) is 2. The molecule has 0 saturated heterocycles. The van der Waals surface area contributed by atoms with Gasteiger partial charge >= 0.3 is 0 Å². The Morgan fingerprint density at radius 1 is 1.53 bits per heavy atom. The van der Waals surface area contributed by atoms with Crippen LogP contribution < -0.4 is 5.32 Å². The normalized spacial score (nSPS) is 17.5. The lowest BCUT2D eigenvalue weighted by Gasteiger charge is -2.10. The Balaban J connectivity index is 1.89. The Morgan fingerprint density at radius 2 is 2.27 bits per heavy atom. The Bertz CT molecular complexity index is 350. The lowest BCUT2D eigenvalue weighted by Crippen LogP contribution is -2.17. The molecule has 0 aliphatic heterocycles. The highest BCUT2D eigenvalue weighted by Crippen LogP contribution is 2.35. The molecule has 1 saturated carbocycles. The molecule has 1 aromatic heterocycles. The zero-order valence-corrected chi connectivity index (χ0v) is 9.88. The smallest absolute Gasteiger partial charge is 0.222 e. The first-order chi connectivity index (χ1) is 7.16. The predicted octanol–water partition coefficient (Wildman–Crippen LogP) is 2.52. The number of anilines is 1. The molecule has 1 fully saturated rings. The van der Waals surface area contributed by atoms with E-state index < -0.39 is 0 Å². The Hall–Kier alpha value is -0.830.